The Kier molecular flexibility index (Phi) is 5.04. The van der Waals surface area contributed by atoms with E-state index in [0.717, 1.165) is 16.9 Å². The van der Waals surface area contributed by atoms with Crippen molar-refractivity contribution in [3.8, 4) is 23.3 Å². The van der Waals surface area contributed by atoms with Crippen LogP contribution in [0.4, 0.5) is 0 Å². The molecule has 0 saturated carbocycles. The van der Waals surface area contributed by atoms with Gasteiger partial charge in [-0.05, 0) is 42.0 Å². The van der Waals surface area contributed by atoms with Gasteiger partial charge in [0.2, 0.25) is 0 Å². The molecule has 2 aromatic carbocycles. The first-order valence-corrected chi connectivity index (χ1v) is 10.7. The SMILES string of the molecule is C[Si](C)(C)C#Cc1ccc(OCc2ccc(C#N)cc2)cc1. The summed E-state index contributed by atoms with van der Waals surface area (Å²) in [5, 5.41) is 8.77. The largest absolute Gasteiger partial charge is 0.489 e. The van der Waals surface area contributed by atoms with E-state index in [0.29, 0.717) is 12.2 Å². The van der Waals surface area contributed by atoms with E-state index in [2.05, 4.69) is 37.2 Å². The molecule has 2 aromatic rings. The minimum absolute atomic E-state index is 0.492. The number of rotatable bonds is 3. The third-order valence-corrected chi connectivity index (χ3v) is 3.80. The summed E-state index contributed by atoms with van der Waals surface area (Å²) in [6, 6.07) is 17.4. The molecule has 0 fully saturated rings. The summed E-state index contributed by atoms with van der Waals surface area (Å²) in [4.78, 5) is 0. The molecule has 2 rings (SSSR count). The second-order valence-corrected chi connectivity index (χ2v) is 10.9. The lowest BCUT2D eigenvalue weighted by Crippen LogP contribution is -2.16. The first kappa shape index (κ1) is 15.9. The maximum Gasteiger partial charge on any atom is 0.129 e. The molecule has 0 bridgehead atoms. The molecule has 110 valence electrons. The van der Waals surface area contributed by atoms with E-state index in [1.807, 2.05) is 36.4 Å². The van der Waals surface area contributed by atoms with Crippen LogP contribution in [0.15, 0.2) is 48.5 Å². The molecule has 0 amide bonds. The third-order valence-electron chi connectivity index (χ3n) is 2.92. The first-order valence-electron chi connectivity index (χ1n) is 7.21. The molecule has 0 heterocycles. The molecule has 0 atom stereocenters. The quantitative estimate of drug-likeness (QED) is 0.623. The van der Waals surface area contributed by atoms with Crippen LogP contribution < -0.4 is 4.74 Å². The van der Waals surface area contributed by atoms with E-state index in [-0.39, 0.29) is 0 Å². The minimum Gasteiger partial charge on any atom is -0.489 e. The second kappa shape index (κ2) is 6.98. The van der Waals surface area contributed by atoms with Crippen LogP contribution in [0.3, 0.4) is 0 Å². The highest BCUT2D eigenvalue weighted by Gasteiger charge is 2.07. The number of nitriles is 1. The van der Waals surface area contributed by atoms with Crippen molar-refractivity contribution in [1.29, 1.82) is 5.26 Å². The summed E-state index contributed by atoms with van der Waals surface area (Å²) >= 11 is 0. The molecule has 0 unspecified atom stereocenters. The molecular weight excluding hydrogens is 286 g/mol. The molecule has 0 aliphatic carbocycles. The molecule has 22 heavy (non-hydrogen) atoms. The predicted molar refractivity (Wildman–Crippen MR) is 92.2 cm³/mol. The highest BCUT2D eigenvalue weighted by atomic mass is 28.3. The van der Waals surface area contributed by atoms with Crippen molar-refractivity contribution in [2.24, 2.45) is 0 Å². The Hall–Kier alpha value is -2.49. The number of hydrogen-bond acceptors (Lipinski definition) is 2. The van der Waals surface area contributed by atoms with Gasteiger partial charge in [-0.3, -0.25) is 0 Å². The second-order valence-electron chi connectivity index (χ2n) is 6.12. The minimum atomic E-state index is -1.34. The number of nitrogens with zero attached hydrogens (tertiary/aromatic N) is 1. The summed E-state index contributed by atoms with van der Waals surface area (Å²) in [7, 11) is -1.34. The Morgan fingerprint density at radius 2 is 1.50 bits per heavy atom. The van der Waals surface area contributed by atoms with Gasteiger partial charge in [-0.15, -0.1) is 5.54 Å². The molecule has 0 aromatic heterocycles. The lowest BCUT2D eigenvalue weighted by atomic mass is 10.1. The van der Waals surface area contributed by atoms with Gasteiger partial charge >= 0.3 is 0 Å². The van der Waals surface area contributed by atoms with E-state index >= 15 is 0 Å². The highest BCUT2D eigenvalue weighted by molar-refractivity contribution is 6.83. The smallest absolute Gasteiger partial charge is 0.129 e. The van der Waals surface area contributed by atoms with Crippen molar-refractivity contribution in [2.45, 2.75) is 26.2 Å². The van der Waals surface area contributed by atoms with Crippen LogP contribution in [-0.4, -0.2) is 8.07 Å². The fraction of sp³-hybridized carbons (Fsp3) is 0.211. The molecule has 0 radical (unpaired) electrons. The molecular formula is C19H19NOSi. The van der Waals surface area contributed by atoms with Crippen LogP contribution in [0.25, 0.3) is 0 Å². The van der Waals surface area contributed by atoms with Crippen molar-refractivity contribution in [3.05, 3.63) is 65.2 Å². The molecule has 0 N–H and O–H groups in total. The van der Waals surface area contributed by atoms with Gasteiger partial charge < -0.3 is 4.74 Å². The lowest BCUT2D eigenvalue weighted by Gasteiger charge is -2.07. The molecule has 2 nitrogen and oxygen atoms in total. The van der Waals surface area contributed by atoms with Crippen molar-refractivity contribution >= 4 is 8.07 Å². The van der Waals surface area contributed by atoms with E-state index in [9.17, 15) is 0 Å². The van der Waals surface area contributed by atoms with Gasteiger partial charge in [-0.1, -0.05) is 37.7 Å². The van der Waals surface area contributed by atoms with Crippen molar-refractivity contribution in [2.75, 3.05) is 0 Å². The normalized spacial score (nSPS) is 10.3. The summed E-state index contributed by atoms with van der Waals surface area (Å²) < 4.78 is 5.74. The van der Waals surface area contributed by atoms with Crippen LogP contribution in [0.5, 0.6) is 5.75 Å². The van der Waals surface area contributed by atoms with Crippen molar-refractivity contribution in [3.63, 3.8) is 0 Å². The summed E-state index contributed by atoms with van der Waals surface area (Å²) in [5.74, 6) is 4.05. The van der Waals surface area contributed by atoms with Crippen LogP contribution in [0.1, 0.15) is 16.7 Å². The summed E-state index contributed by atoms with van der Waals surface area (Å²) in [5.41, 5.74) is 6.07. The zero-order valence-corrected chi connectivity index (χ0v) is 14.2. The monoisotopic (exact) mass is 305 g/mol. The van der Waals surface area contributed by atoms with Crippen molar-refractivity contribution < 1.29 is 4.74 Å². The third kappa shape index (κ3) is 5.13. The molecule has 0 aliphatic heterocycles. The lowest BCUT2D eigenvalue weighted by molar-refractivity contribution is 0.306. The highest BCUT2D eigenvalue weighted by Crippen LogP contribution is 2.14. The summed E-state index contributed by atoms with van der Waals surface area (Å²) in [6.45, 7) is 7.19. The van der Waals surface area contributed by atoms with Crippen LogP contribution >= 0.6 is 0 Å². The Bertz CT molecular complexity index is 723. The topological polar surface area (TPSA) is 33.0 Å². The van der Waals surface area contributed by atoms with Gasteiger partial charge in [0.25, 0.3) is 0 Å². The number of hydrogen-bond donors (Lipinski definition) is 0. The van der Waals surface area contributed by atoms with Crippen LogP contribution in [0.2, 0.25) is 19.6 Å². The standard InChI is InChI=1S/C19H19NOSi/c1-22(2,3)13-12-16-8-10-19(11-9-16)21-15-18-6-4-17(14-20)5-7-18/h4-11H,15H2,1-3H3. The first-order chi connectivity index (χ1) is 10.5. The zero-order chi connectivity index (χ0) is 16.0. The van der Waals surface area contributed by atoms with E-state index < -0.39 is 8.07 Å². The van der Waals surface area contributed by atoms with Crippen LogP contribution in [-0.2, 0) is 6.61 Å². The number of benzene rings is 2. The van der Waals surface area contributed by atoms with E-state index in [4.69, 9.17) is 10.00 Å². The molecule has 0 saturated heterocycles. The maximum atomic E-state index is 8.77. The van der Waals surface area contributed by atoms with Gasteiger partial charge in [0.15, 0.2) is 0 Å². The Morgan fingerprint density at radius 1 is 0.909 bits per heavy atom. The molecule has 3 heteroatoms. The van der Waals surface area contributed by atoms with E-state index in [1.165, 1.54) is 0 Å². The zero-order valence-electron chi connectivity index (χ0n) is 13.2. The Balaban J connectivity index is 1.96. The van der Waals surface area contributed by atoms with Gasteiger partial charge in [0, 0.05) is 5.56 Å². The predicted octanol–water partition coefficient (Wildman–Crippen LogP) is 4.37. The number of ether oxygens (including phenoxy) is 1. The van der Waals surface area contributed by atoms with Gasteiger partial charge in [0.1, 0.15) is 20.4 Å². The molecule has 0 aliphatic rings. The average Bonchev–Trinajstić information content (AvgIpc) is 2.52. The molecule has 0 spiro atoms. The summed E-state index contributed by atoms with van der Waals surface area (Å²) in [6.07, 6.45) is 0. The fourth-order valence-corrected chi connectivity index (χ4v) is 2.26. The fourth-order valence-electron chi connectivity index (χ4n) is 1.74. The van der Waals surface area contributed by atoms with Gasteiger partial charge in [-0.25, -0.2) is 0 Å². The van der Waals surface area contributed by atoms with Gasteiger partial charge in [-0.2, -0.15) is 5.26 Å². The van der Waals surface area contributed by atoms with Crippen LogP contribution in [0, 0.1) is 22.8 Å². The Morgan fingerprint density at radius 3 is 2.05 bits per heavy atom. The Labute approximate surface area is 133 Å². The van der Waals surface area contributed by atoms with E-state index in [1.54, 1.807) is 12.1 Å². The van der Waals surface area contributed by atoms with Crippen molar-refractivity contribution in [1.82, 2.24) is 0 Å². The van der Waals surface area contributed by atoms with Gasteiger partial charge in [0.05, 0.1) is 11.6 Å². The average molecular weight is 305 g/mol. The maximum absolute atomic E-state index is 8.77.